The third-order valence-electron chi connectivity index (χ3n) is 1.88. The molecule has 3 heteroatoms. The maximum atomic E-state index is 3.07. The minimum Gasteiger partial charge on any atom is -0.388 e. The zero-order chi connectivity index (χ0) is 8.97. The topological polar surface area (TPSA) is 27.3 Å². The Hall–Kier alpha value is -1.22. The molecule has 1 aromatic rings. The van der Waals surface area contributed by atoms with Crippen molar-refractivity contribution < 1.29 is 0 Å². The van der Waals surface area contributed by atoms with Gasteiger partial charge in [0.1, 0.15) is 0 Å². The van der Waals surface area contributed by atoms with Crippen molar-refractivity contribution >= 4 is 11.4 Å². The van der Waals surface area contributed by atoms with Crippen LogP contribution in [0.3, 0.4) is 0 Å². The van der Waals surface area contributed by atoms with E-state index in [-0.39, 0.29) is 0 Å². The number of rotatable bonds is 3. The fourth-order valence-corrected chi connectivity index (χ4v) is 0.981. The Kier molecular flexibility index (Phi) is 2.94. The van der Waals surface area contributed by atoms with Gasteiger partial charge >= 0.3 is 0 Å². The van der Waals surface area contributed by atoms with Gasteiger partial charge in [0.15, 0.2) is 0 Å². The minimum absolute atomic E-state index is 1.13. The van der Waals surface area contributed by atoms with Crippen LogP contribution in [0, 0.1) is 0 Å². The second-order valence-corrected chi connectivity index (χ2v) is 2.58. The van der Waals surface area contributed by atoms with Gasteiger partial charge < -0.3 is 10.3 Å². The number of nitrogens with zero attached hydrogens (tertiary/aromatic N) is 1. The Morgan fingerprint density at radius 3 is 2.08 bits per heavy atom. The summed E-state index contributed by atoms with van der Waals surface area (Å²) in [6.07, 6.45) is 0. The first-order chi connectivity index (χ1) is 5.77. The molecule has 0 aliphatic rings. The van der Waals surface area contributed by atoms with Crippen LogP contribution in [0.2, 0.25) is 0 Å². The van der Waals surface area contributed by atoms with Gasteiger partial charge in [-0.2, -0.15) is 0 Å². The zero-order valence-electron chi connectivity index (χ0n) is 7.76. The normalized spacial score (nSPS) is 9.58. The zero-order valence-corrected chi connectivity index (χ0v) is 7.76. The van der Waals surface area contributed by atoms with Crippen LogP contribution in [0.4, 0.5) is 11.4 Å². The molecular formula is C9H15N3. The van der Waals surface area contributed by atoms with Crippen molar-refractivity contribution in [3.8, 4) is 0 Å². The van der Waals surface area contributed by atoms with Crippen LogP contribution in [0.5, 0.6) is 0 Å². The first-order valence-electron chi connectivity index (χ1n) is 3.97. The van der Waals surface area contributed by atoms with Gasteiger partial charge in [0.05, 0.1) is 5.69 Å². The van der Waals surface area contributed by atoms with Gasteiger partial charge in [0.25, 0.3) is 0 Å². The van der Waals surface area contributed by atoms with Crippen LogP contribution in [-0.2, 0) is 0 Å². The Morgan fingerprint density at radius 2 is 1.67 bits per heavy atom. The summed E-state index contributed by atoms with van der Waals surface area (Å²) in [6, 6.07) is 8.21. The fraction of sp³-hybridized carbons (Fsp3) is 0.333. The van der Waals surface area contributed by atoms with Gasteiger partial charge in [-0.3, -0.25) is 0 Å². The van der Waals surface area contributed by atoms with E-state index in [9.17, 15) is 0 Å². The van der Waals surface area contributed by atoms with Gasteiger partial charge in [-0.1, -0.05) is 0 Å². The smallest absolute Gasteiger partial charge is 0.0517 e. The van der Waals surface area contributed by atoms with Crippen molar-refractivity contribution in [1.82, 2.24) is 5.43 Å². The number of benzene rings is 1. The highest BCUT2D eigenvalue weighted by Crippen LogP contribution is 2.14. The molecule has 0 saturated carbocycles. The Bertz CT molecular complexity index is 230. The molecule has 0 amide bonds. The lowest BCUT2D eigenvalue weighted by Gasteiger charge is -2.17. The molecule has 0 saturated heterocycles. The van der Waals surface area contributed by atoms with Gasteiger partial charge in [0, 0.05) is 26.8 Å². The Balaban J connectivity index is 2.77. The molecule has 0 aliphatic heterocycles. The minimum atomic E-state index is 1.13. The van der Waals surface area contributed by atoms with Crippen molar-refractivity contribution in [2.24, 2.45) is 0 Å². The third kappa shape index (κ3) is 1.89. The molecule has 0 aliphatic carbocycles. The number of hydrazine groups is 1. The van der Waals surface area contributed by atoms with E-state index in [2.05, 4.69) is 22.9 Å². The lowest BCUT2D eigenvalue weighted by atomic mass is 10.3. The summed E-state index contributed by atoms with van der Waals surface area (Å²) in [5.74, 6) is 0. The quantitative estimate of drug-likeness (QED) is 0.661. The third-order valence-corrected chi connectivity index (χ3v) is 1.88. The van der Waals surface area contributed by atoms with Crippen molar-refractivity contribution in [3.05, 3.63) is 24.3 Å². The molecule has 1 aromatic carbocycles. The first kappa shape index (κ1) is 8.87. The average molecular weight is 165 g/mol. The van der Waals surface area contributed by atoms with E-state index >= 15 is 0 Å². The van der Waals surface area contributed by atoms with E-state index in [0.717, 1.165) is 11.4 Å². The summed E-state index contributed by atoms with van der Waals surface area (Å²) in [6.45, 7) is 0. The molecule has 12 heavy (non-hydrogen) atoms. The molecule has 0 heterocycles. The molecule has 0 atom stereocenters. The van der Waals surface area contributed by atoms with Crippen molar-refractivity contribution in [2.45, 2.75) is 0 Å². The Labute approximate surface area is 73.4 Å². The molecule has 0 fully saturated rings. The summed E-state index contributed by atoms with van der Waals surface area (Å²) in [5.41, 5.74) is 5.31. The molecule has 3 nitrogen and oxygen atoms in total. The largest absolute Gasteiger partial charge is 0.388 e. The molecule has 0 spiro atoms. The van der Waals surface area contributed by atoms with Crippen molar-refractivity contribution in [1.29, 1.82) is 0 Å². The van der Waals surface area contributed by atoms with Gasteiger partial charge in [0.2, 0.25) is 0 Å². The molecule has 1 rings (SSSR count). The summed E-state index contributed by atoms with van der Waals surface area (Å²) in [5, 5.41) is 5.03. The SMILES string of the molecule is CNc1ccc(N(C)NC)cc1. The van der Waals surface area contributed by atoms with E-state index in [0.29, 0.717) is 0 Å². The predicted molar refractivity (Wildman–Crippen MR) is 53.5 cm³/mol. The molecule has 0 bridgehead atoms. The Morgan fingerprint density at radius 1 is 1.08 bits per heavy atom. The van der Waals surface area contributed by atoms with Crippen molar-refractivity contribution in [3.63, 3.8) is 0 Å². The van der Waals surface area contributed by atoms with E-state index in [1.54, 1.807) is 0 Å². The number of hydrogen-bond acceptors (Lipinski definition) is 3. The number of anilines is 2. The fourth-order valence-electron chi connectivity index (χ4n) is 0.981. The van der Waals surface area contributed by atoms with Crippen LogP contribution in [0.25, 0.3) is 0 Å². The van der Waals surface area contributed by atoms with E-state index in [1.165, 1.54) is 0 Å². The number of hydrogen-bond donors (Lipinski definition) is 2. The monoisotopic (exact) mass is 165 g/mol. The van der Waals surface area contributed by atoms with Crippen LogP contribution in [0.1, 0.15) is 0 Å². The second-order valence-electron chi connectivity index (χ2n) is 2.58. The van der Waals surface area contributed by atoms with Gasteiger partial charge in [-0.05, 0) is 24.3 Å². The van der Waals surface area contributed by atoms with Crippen LogP contribution in [0.15, 0.2) is 24.3 Å². The maximum absolute atomic E-state index is 3.07. The average Bonchev–Trinajstić information content (AvgIpc) is 2.17. The highest BCUT2D eigenvalue weighted by Gasteiger charge is 1.95. The summed E-state index contributed by atoms with van der Waals surface area (Å²) < 4.78 is 0. The van der Waals surface area contributed by atoms with Crippen LogP contribution in [-0.4, -0.2) is 21.1 Å². The van der Waals surface area contributed by atoms with E-state index in [4.69, 9.17) is 0 Å². The number of nitrogens with one attached hydrogen (secondary N) is 2. The maximum Gasteiger partial charge on any atom is 0.0517 e. The molecule has 0 radical (unpaired) electrons. The summed E-state index contributed by atoms with van der Waals surface area (Å²) >= 11 is 0. The van der Waals surface area contributed by atoms with Crippen molar-refractivity contribution in [2.75, 3.05) is 31.5 Å². The van der Waals surface area contributed by atoms with Gasteiger partial charge in [-0.15, -0.1) is 0 Å². The lowest BCUT2D eigenvalue weighted by molar-refractivity contribution is 0.791. The summed E-state index contributed by atoms with van der Waals surface area (Å²) in [7, 11) is 5.79. The van der Waals surface area contributed by atoms with Gasteiger partial charge in [-0.25, -0.2) is 5.43 Å². The van der Waals surface area contributed by atoms with E-state index < -0.39 is 0 Å². The lowest BCUT2D eigenvalue weighted by Crippen LogP contribution is -2.30. The van der Waals surface area contributed by atoms with Crippen LogP contribution < -0.4 is 15.8 Å². The summed E-state index contributed by atoms with van der Waals surface area (Å²) in [4.78, 5) is 0. The second kappa shape index (κ2) is 3.97. The molecule has 0 unspecified atom stereocenters. The van der Waals surface area contributed by atoms with Crippen LogP contribution >= 0.6 is 0 Å². The highest BCUT2D eigenvalue weighted by molar-refractivity contribution is 5.53. The molecule has 66 valence electrons. The molecule has 0 aromatic heterocycles. The molecular weight excluding hydrogens is 150 g/mol. The standard InChI is InChI=1S/C9H15N3/c1-10-8-4-6-9(7-5-8)12(3)11-2/h4-7,10-11H,1-3H3. The van der Waals surface area contributed by atoms with E-state index in [1.807, 2.05) is 38.3 Å². The predicted octanol–water partition coefficient (Wildman–Crippen LogP) is 1.30. The molecule has 2 N–H and O–H groups in total. The highest BCUT2D eigenvalue weighted by atomic mass is 15.5. The first-order valence-corrected chi connectivity index (χ1v) is 3.97.